The molecule has 1 rings (SSSR count). The van der Waals surface area contributed by atoms with Crippen LogP contribution in [-0.4, -0.2) is 25.3 Å². The van der Waals surface area contributed by atoms with E-state index in [0.29, 0.717) is 6.17 Å². The maximum absolute atomic E-state index is 3.99. The van der Waals surface area contributed by atoms with Gasteiger partial charge in [0.25, 0.3) is 0 Å². The molecule has 0 saturated carbocycles. The van der Waals surface area contributed by atoms with E-state index in [1.54, 1.807) is 0 Å². The van der Waals surface area contributed by atoms with Crippen LogP contribution in [-0.2, 0) is 0 Å². The van der Waals surface area contributed by atoms with E-state index >= 15 is 0 Å². The summed E-state index contributed by atoms with van der Waals surface area (Å²) in [6.07, 6.45) is 5.58. The predicted molar refractivity (Wildman–Crippen MR) is 42.7 cm³/mol. The third-order valence-corrected chi connectivity index (χ3v) is 1.87. The number of nitrogens with zero attached hydrogens (tertiary/aromatic N) is 3. The van der Waals surface area contributed by atoms with E-state index in [-0.39, 0.29) is 0 Å². The summed E-state index contributed by atoms with van der Waals surface area (Å²) in [4.78, 5) is 0. The van der Waals surface area contributed by atoms with Crippen molar-refractivity contribution in [3.63, 3.8) is 0 Å². The lowest BCUT2D eigenvalue weighted by molar-refractivity contribution is -0.915. The number of hydrogen-bond acceptors (Lipinski definition) is 3. The van der Waals surface area contributed by atoms with Gasteiger partial charge in [-0.15, -0.1) is 0 Å². The summed E-state index contributed by atoms with van der Waals surface area (Å²) in [6, 6.07) is 0. The quantitative estimate of drug-likeness (QED) is 0.560. The highest BCUT2D eigenvalue weighted by Gasteiger charge is 2.27. The lowest BCUT2D eigenvalue weighted by atomic mass is 10.3. The van der Waals surface area contributed by atoms with Crippen molar-refractivity contribution in [3.8, 4) is 0 Å². The highest BCUT2D eigenvalue weighted by atomic mass is 15.8. The molecule has 0 radical (unpaired) electrons. The zero-order chi connectivity index (χ0) is 8.27. The van der Waals surface area contributed by atoms with Crippen molar-refractivity contribution < 1.29 is 5.01 Å². The Morgan fingerprint density at radius 2 is 2.36 bits per heavy atom. The Bertz CT molecular complexity index is 163. The van der Waals surface area contributed by atoms with Crippen LogP contribution in [0.25, 0.3) is 0 Å². The first kappa shape index (κ1) is 8.20. The molecule has 0 fully saturated rings. The maximum Gasteiger partial charge on any atom is 0.208 e. The fraction of sp³-hybridized carbons (Fsp3) is 0.714. The predicted octanol–water partition coefficient (Wildman–Crippen LogP) is 0.0210. The van der Waals surface area contributed by atoms with Crippen LogP contribution in [0.3, 0.4) is 0 Å². The Balaban J connectivity index is 2.45. The first-order valence-corrected chi connectivity index (χ1v) is 3.84. The molecule has 62 valence electrons. The van der Waals surface area contributed by atoms with Crippen molar-refractivity contribution in [1.29, 1.82) is 0 Å². The van der Waals surface area contributed by atoms with Crippen LogP contribution in [0.4, 0.5) is 0 Å². The number of nitrogens with one attached hydrogen (secondary N) is 1. The van der Waals surface area contributed by atoms with E-state index in [4.69, 9.17) is 0 Å². The van der Waals surface area contributed by atoms with Crippen LogP contribution in [0.15, 0.2) is 22.6 Å². The molecule has 0 amide bonds. The molecule has 1 aliphatic heterocycles. The molecule has 0 saturated heterocycles. The van der Waals surface area contributed by atoms with Gasteiger partial charge in [-0.05, 0) is 12.1 Å². The molecule has 0 aromatic heterocycles. The SMILES string of the molecule is C/C=C/CC1N(C)N=N[NH+]1C. The Morgan fingerprint density at radius 1 is 1.64 bits per heavy atom. The Hall–Kier alpha value is -0.900. The average molecular weight is 155 g/mol. The third kappa shape index (κ3) is 1.77. The van der Waals surface area contributed by atoms with Crippen LogP contribution in [0.2, 0.25) is 0 Å². The standard InChI is InChI=1S/C7H14N4/c1-4-5-6-7-10(2)8-9-11(7)3/h4-5,7H,6H2,1-3H3/p+1/b5-4+. The monoisotopic (exact) mass is 155 g/mol. The van der Waals surface area contributed by atoms with E-state index in [1.165, 1.54) is 0 Å². The third-order valence-electron chi connectivity index (χ3n) is 1.87. The zero-order valence-electron chi connectivity index (χ0n) is 7.28. The lowest BCUT2D eigenvalue weighted by Crippen LogP contribution is -3.08. The molecule has 4 nitrogen and oxygen atoms in total. The van der Waals surface area contributed by atoms with E-state index in [0.717, 1.165) is 11.4 Å². The highest BCUT2D eigenvalue weighted by molar-refractivity contribution is 4.79. The fourth-order valence-electron chi connectivity index (χ4n) is 1.13. The minimum atomic E-state index is 0.381. The van der Waals surface area contributed by atoms with E-state index in [2.05, 4.69) is 22.6 Å². The summed E-state index contributed by atoms with van der Waals surface area (Å²) in [5.41, 5.74) is 0. The molecular weight excluding hydrogens is 140 g/mol. The summed E-state index contributed by atoms with van der Waals surface area (Å²) in [6.45, 7) is 2.03. The summed E-state index contributed by atoms with van der Waals surface area (Å²) in [5, 5.41) is 10.9. The Labute approximate surface area is 67.1 Å². The molecule has 2 atom stereocenters. The van der Waals surface area contributed by atoms with Crippen molar-refractivity contribution in [2.75, 3.05) is 14.1 Å². The van der Waals surface area contributed by atoms with E-state index in [9.17, 15) is 0 Å². The van der Waals surface area contributed by atoms with Crippen LogP contribution >= 0.6 is 0 Å². The van der Waals surface area contributed by atoms with Crippen molar-refractivity contribution in [1.82, 2.24) is 5.01 Å². The van der Waals surface area contributed by atoms with Gasteiger partial charge in [0.05, 0.1) is 7.05 Å². The first-order valence-electron chi connectivity index (χ1n) is 3.84. The van der Waals surface area contributed by atoms with Crippen LogP contribution in [0.5, 0.6) is 0 Å². The van der Waals surface area contributed by atoms with E-state index in [1.807, 2.05) is 26.0 Å². The van der Waals surface area contributed by atoms with Crippen LogP contribution in [0, 0.1) is 0 Å². The summed E-state index contributed by atoms with van der Waals surface area (Å²) in [7, 11) is 3.97. The average Bonchev–Trinajstić information content (AvgIpc) is 2.29. The molecule has 0 aromatic rings. The number of allylic oxidation sites excluding steroid dienone is 1. The van der Waals surface area contributed by atoms with Crippen LogP contribution in [0.1, 0.15) is 13.3 Å². The zero-order valence-corrected chi connectivity index (χ0v) is 7.28. The molecule has 1 heterocycles. The fourth-order valence-corrected chi connectivity index (χ4v) is 1.13. The van der Waals surface area contributed by atoms with Gasteiger partial charge in [0.1, 0.15) is 0 Å². The molecule has 0 aromatic carbocycles. The Morgan fingerprint density at radius 3 is 2.82 bits per heavy atom. The highest BCUT2D eigenvalue weighted by Crippen LogP contribution is 2.00. The topological polar surface area (TPSA) is 32.4 Å². The van der Waals surface area contributed by atoms with Gasteiger partial charge >= 0.3 is 0 Å². The second kappa shape index (κ2) is 3.48. The Kier molecular flexibility index (Phi) is 2.59. The van der Waals surface area contributed by atoms with Crippen molar-refractivity contribution in [2.45, 2.75) is 19.5 Å². The molecule has 0 aliphatic carbocycles. The number of quaternary nitrogens is 1. The van der Waals surface area contributed by atoms with Crippen molar-refractivity contribution in [2.24, 2.45) is 10.4 Å². The minimum Gasteiger partial charge on any atom is -0.222 e. The summed E-state index contributed by atoms with van der Waals surface area (Å²) in [5.74, 6) is 0. The van der Waals surface area contributed by atoms with Gasteiger partial charge < -0.3 is 0 Å². The van der Waals surface area contributed by atoms with Gasteiger partial charge in [0, 0.05) is 18.7 Å². The molecule has 1 aliphatic rings. The molecular formula is C7H15N4+. The smallest absolute Gasteiger partial charge is 0.208 e. The number of rotatable bonds is 2. The van der Waals surface area contributed by atoms with Gasteiger partial charge in [-0.25, -0.2) is 5.01 Å². The first-order chi connectivity index (χ1) is 5.25. The van der Waals surface area contributed by atoms with Gasteiger partial charge in [0.15, 0.2) is 0 Å². The minimum absolute atomic E-state index is 0.381. The molecule has 0 bridgehead atoms. The number of hydrogen-bond donors (Lipinski definition) is 1. The molecule has 2 unspecified atom stereocenters. The largest absolute Gasteiger partial charge is 0.222 e. The lowest BCUT2D eigenvalue weighted by Gasteiger charge is -2.15. The molecule has 4 heteroatoms. The molecule has 11 heavy (non-hydrogen) atoms. The second-order valence-corrected chi connectivity index (χ2v) is 2.73. The van der Waals surface area contributed by atoms with Gasteiger partial charge in [-0.2, -0.15) is 5.01 Å². The summed E-state index contributed by atoms with van der Waals surface area (Å²) < 4.78 is 0. The normalized spacial score (nSPS) is 30.6. The van der Waals surface area contributed by atoms with Crippen LogP contribution < -0.4 is 5.01 Å². The molecule has 1 N–H and O–H groups in total. The van der Waals surface area contributed by atoms with E-state index < -0.39 is 0 Å². The van der Waals surface area contributed by atoms with Gasteiger partial charge in [-0.3, -0.25) is 0 Å². The van der Waals surface area contributed by atoms with Crippen molar-refractivity contribution >= 4 is 0 Å². The van der Waals surface area contributed by atoms with Crippen molar-refractivity contribution in [3.05, 3.63) is 12.2 Å². The van der Waals surface area contributed by atoms with Gasteiger partial charge in [0.2, 0.25) is 6.17 Å². The summed E-state index contributed by atoms with van der Waals surface area (Å²) >= 11 is 0. The second-order valence-electron chi connectivity index (χ2n) is 2.73. The maximum atomic E-state index is 3.99. The van der Waals surface area contributed by atoms with Gasteiger partial charge in [-0.1, -0.05) is 12.2 Å². The molecule has 0 spiro atoms.